The number of hydrogen-bond acceptors (Lipinski definition) is 3. The first kappa shape index (κ1) is 15.5. The fraction of sp³-hybridized carbons (Fsp3) is 0.0714. The van der Waals surface area contributed by atoms with Crippen molar-refractivity contribution in [3.05, 3.63) is 51.7 Å². The summed E-state index contributed by atoms with van der Waals surface area (Å²) < 4.78 is 0.777. The van der Waals surface area contributed by atoms with E-state index in [2.05, 4.69) is 31.5 Å². The molecular formula is C14H11BrClN3O2. The number of rotatable bonds is 3. The van der Waals surface area contributed by atoms with Gasteiger partial charge in [-0.1, -0.05) is 27.5 Å². The Hall–Kier alpha value is -1.92. The molecule has 0 aliphatic carbocycles. The largest absolute Gasteiger partial charge is 0.325 e. The van der Waals surface area contributed by atoms with Crippen LogP contribution in [0.4, 0.5) is 11.4 Å². The maximum Gasteiger partial charge on any atom is 0.255 e. The Morgan fingerprint density at radius 3 is 2.57 bits per heavy atom. The van der Waals surface area contributed by atoms with Crippen LogP contribution in [0.5, 0.6) is 0 Å². The average molecular weight is 369 g/mol. The zero-order valence-corrected chi connectivity index (χ0v) is 13.3. The first-order chi connectivity index (χ1) is 9.95. The molecule has 2 rings (SSSR count). The van der Waals surface area contributed by atoms with Gasteiger partial charge in [0, 0.05) is 23.2 Å². The van der Waals surface area contributed by atoms with E-state index in [-0.39, 0.29) is 17.0 Å². The van der Waals surface area contributed by atoms with Crippen LogP contribution in [0.3, 0.4) is 0 Å². The minimum Gasteiger partial charge on any atom is -0.325 e. The Balaban J connectivity index is 2.27. The van der Waals surface area contributed by atoms with Crippen molar-refractivity contribution in [3.63, 3.8) is 0 Å². The van der Waals surface area contributed by atoms with Gasteiger partial charge >= 0.3 is 0 Å². The van der Waals surface area contributed by atoms with Crippen molar-refractivity contribution in [1.29, 1.82) is 0 Å². The predicted molar refractivity (Wildman–Crippen MR) is 85.6 cm³/mol. The lowest BCUT2D eigenvalue weighted by atomic mass is 10.2. The summed E-state index contributed by atoms with van der Waals surface area (Å²) in [6.07, 6.45) is 1.45. The van der Waals surface area contributed by atoms with Crippen LogP contribution in [0.25, 0.3) is 0 Å². The van der Waals surface area contributed by atoms with Gasteiger partial charge in [0.05, 0.1) is 11.4 Å². The molecule has 108 valence electrons. The first-order valence-electron chi connectivity index (χ1n) is 5.96. The van der Waals surface area contributed by atoms with E-state index in [9.17, 15) is 9.59 Å². The summed E-state index contributed by atoms with van der Waals surface area (Å²) in [6.45, 7) is 1.40. The van der Waals surface area contributed by atoms with Gasteiger partial charge in [-0.25, -0.2) is 4.98 Å². The van der Waals surface area contributed by atoms with Crippen LogP contribution >= 0.6 is 27.5 Å². The number of anilines is 2. The van der Waals surface area contributed by atoms with Crippen molar-refractivity contribution in [3.8, 4) is 0 Å². The van der Waals surface area contributed by atoms with Gasteiger partial charge in [0.25, 0.3) is 5.91 Å². The summed E-state index contributed by atoms with van der Waals surface area (Å²) in [4.78, 5) is 27.2. The fourth-order valence-electron chi connectivity index (χ4n) is 1.66. The first-order valence-corrected chi connectivity index (χ1v) is 7.13. The molecule has 5 nitrogen and oxygen atoms in total. The predicted octanol–water partition coefficient (Wildman–Crippen LogP) is 3.71. The third-order valence-corrected chi connectivity index (χ3v) is 3.23. The zero-order chi connectivity index (χ0) is 15.4. The van der Waals surface area contributed by atoms with Crippen molar-refractivity contribution >= 4 is 50.7 Å². The van der Waals surface area contributed by atoms with Crippen LogP contribution in [0.1, 0.15) is 17.3 Å². The number of hydrogen-bond donors (Lipinski definition) is 2. The normalized spacial score (nSPS) is 10.0. The highest BCUT2D eigenvalue weighted by atomic mass is 79.9. The van der Waals surface area contributed by atoms with E-state index in [0.29, 0.717) is 16.9 Å². The zero-order valence-electron chi connectivity index (χ0n) is 11.0. The minimum atomic E-state index is -0.344. The smallest absolute Gasteiger partial charge is 0.255 e. The summed E-state index contributed by atoms with van der Waals surface area (Å²) in [6, 6.07) is 8.18. The lowest BCUT2D eigenvalue weighted by Crippen LogP contribution is -2.15. The molecule has 0 saturated heterocycles. The summed E-state index contributed by atoms with van der Waals surface area (Å²) in [7, 11) is 0. The van der Waals surface area contributed by atoms with Crippen LogP contribution in [0, 0.1) is 0 Å². The summed E-state index contributed by atoms with van der Waals surface area (Å²) >= 11 is 9.09. The highest BCUT2D eigenvalue weighted by molar-refractivity contribution is 9.10. The highest BCUT2D eigenvalue weighted by Gasteiger charge is 2.11. The Labute approximate surface area is 134 Å². The Kier molecular flexibility index (Phi) is 4.93. The molecule has 21 heavy (non-hydrogen) atoms. The molecular weight excluding hydrogens is 358 g/mol. The van der Waals surface area contributed by atoms with Gasteiger partial charge in [0.15, 0.2) is 0 Å². The van der Waals surface area contributed by atoms with Crippen molar-refractivity contribution in [2.45, 2.75) is 6.92 Å². The second-order valence-corrected chi connectivity index (χ2v) is 5.50. The van der Waals surface area contributed by atoms with Crippen molar-refractivity contribution in [2.24, 2.45) is 0 Å². The fourth-order valence-corrected chi connectivity index (χ4v) is 2.19. The molecule has 0 aliphatic heterocycles. The maximum atomic E-state index is 12.2. The molecule has 1 heterocycles. The molecule has 2 aromatic rings. The molecule has 0 fully saturated rings. The number of nitrogens with zero attached hydrogens (tertiary/aromatic N) is 1. The van der Waals surface area contributed by atoms with Crippen molar-refractivity contribution in [2.75, 3.05) is 10.6 Å². The van der Waals surface area contributed by atoms with Crippen LogP contribution in [-0.4, -0.2) is 16.8 Å². The third kappa shape index (κ3) is 4.27. The number of carbonyl (C=O) groups excluding carboxylic acids is 2. The number of carbonyl (C=O) groups is 2. The Morgan fingerprint density at radius 2 is 1.90 bits per heavy atom. The van der Waals surface area contributed by atoms with Crippen molar-refractivity contribution in [1.82, 2.24) is 4.98 Å². The molecule has 0 saturated carbocycles. The number of nitrogens with one attached hydrogen (secondary N) is 2. The van der Waals surface area contributed by atoms with Crippen LogP contribution in [-0.2, 0) is 4.79 Å². The molecule has 2 N–H and O–H groups in total. The number of aromatic nitrogens is 1. The van der Waals surface area contributed by atoms with Gasteiger partial charge in [-0.2, -0.15) is 0 Å². The third-order valence-electron chi connectivity index (χ3n) is 2.53. The van der Waals surface area contributed by atoms with Gasteiger partial charge in [0.1, 0.15) is 5.15 Å². The molecule has 2 amide bonds. The van der Waals surface area contributed by atoms with Crippen LogP contribution in [0.2, 0.25) is 5.15 Å². The molecule has 0 aliphatic rings. The number of pyridine rings is 1. The van der Waals surface area contributed by atoms with E-state index >= 15 is 0 Å². The van der Waals surface area contributed by atoms with E-state index in [1.807, 2.05) is 0 Å². The molecule has 0 atom stereocenters. The molecule has 0 spiro atoms. The van der Waals surface area contributed by atoms with E-state index < -0.39 is 0 Å². The monoisotopic (exact) mass is 367 g/mol. The van der Waals surface area contributed by atoms with Crippen LogP contribution in [0.15, 0.2) is 41.0 Å². The summed E-state index contributed by atoms with van der Waals surface area (Å²) in [5.41, 5.74) is 1.38. The molecule has 0 radical (unpaired) electrons. The molecule has 7 heteroatoms. The number of amides is 2. The molecule has 0 bridgehead atoms. The number of halogens is 2. The van der Waals surface area contributed by atoms with E-state index in [0.717, 1.165) is 4.47 Å². The maximum absolute atomic E-state index is 12.2. The topological polar surface area (TPSA) is 71.1 Å². The van der Waals surface area contributed by atoms with E-state index in [4.69, 9.17) is 11.6 Å². The van der Waals surface area contributed by atoms with Gasteiger partial charge in [-0.15, -0.1) is 0 Å². The summed E-state index contributed by atoms with van der Waals surface area (Å²) in [5, 5.41) is 5.62. The lowest BCUT2D eigenvalue weighted by molar-refractivity contribution is -0.114. The second kappa shape index (κ2) is 6.69. The molecule has 1 aromatic carbocycles. The SMILES string of the molecule is CC(=O)Nc1ccc(Br)cc1NC(=O)c1ccnc(Cl)c1. The minimum absolute atomic E-state index is 0.222. The van der Waals surface area contributed by atoms with Gasteiger partial charge in [0.2, 0.25) is 5.91 Å². The highest BCUT2D eigenvalue weighted by Crippen LogP contribution is 2.26. The average Bonchev–Trinajstić information content (AvgIpc) is 2.41. The Morgan fingerprint density at radius 1 is 1.14 bits per heavy atom. The van der Waals surface area contributed by atoms with Gasteiger partial charge in [-0.05, 0) is 30.3 Å². The Bertz CT molecular complexity index is 706. The number of benzene rings is 1. The van der Waals surface area contributed by atoms with Gasteiger partial charge < -0.3 is 10.6 Å². The second-order valence-electron chi connectivity index (χ2n) is 4.19. The van der Waals surface area contributed by atoms with Crippen LogP contribution < -0.4 is 10.6 Å². The van der Waals surface area contributed by atoms with Gasteiger partial charge in [-0.3, -0.25) is 9.59 Å². The molecule has 1 aromatic heterocycles. The standard InChI is InChI=1S/C14H11BrClN3O2/c1-8(20)18-11-3-2-10(15)7-12(11)19-14(21)9-4-5-17-13(16)6-9/h2-7H,1H3,(H,18,20)(H,19,21). The van der Waals surface area contributed by atoms with E-state index in [1.165, 1.54) is 19.2 Å². The summed E-state index contributed by atoms with van der Waals surface area (Å²) in [5.74, 6) is -0.566. The molecule has 0 unspecified atom stereocenters. The lowest BCUT2D eigenvalue weighted by Gasteiger charge is -2.12. The van der Waals surface area contributed by atoms with E-state index in [1.54, 1.807) is 24.3 Å². The quantitative estimate of drug-likeness (QED) is 0.811. The van der Waals surface area contributed by atoms with Crippen molar-refractivity contribution < 1.29 is 9.59 Å².